The van der Waals surface area contributed by atoms with Crippen molar-refractivity contribution in [1.82, 2.24) is 0 Å². The molecule has 0 spiro atoms. The summed E-state index contributed by atoms with van der Waals surface area (Å²) in [6, 6.07) is 10.3. The van der Waals surface area contributed by atoms with Crippen molar-refractivity contribution in [2.75, 3.05) is 0 Å². The average molecular weight is 246 g/mol. The van der Waals surface area contributed by atoms with Gasteiger partial charge in [-0.05, 0) is 13.8 Å². The van der Waals surface area contributed by atoms with E-state index in [2.05, 4.69) is 25.6 Å². The summed E-state index contributed by atoms with van der Waals surface area (Å²) < 4.78 is 0. The van der Waals surface area contributed by atoms with Crippen LogP contribution >= 0.6 is 0 Å². The molecule has 0 aliphatic heterocycles. The van der Waals surface area contributed by atoms with Crippen LogP contribution in [0.3, 0.4) is 0 Å². The summed E-state index contributed by atoms with van der Waals surface area (Å²) in [6.07, 6.45) is 9.51. The van der Waals surface area contributed by atoms with Gasteiger partial charge in [0.05, 0.1) is 0 Å². The van der Waals surface area contributed by atoms with Gasteiger partial charge in [-0.3, -0.25) is 0 Å². The van der Waals surface area contributed by atoms with E-state index in [1.165, 1.54) is 5.56 Å². The molecule has 0 atom stereocenters. The molecule has 18 heavy (non-hydrogen) atoms. The fourth-order valence-corrected chi connectivity index (χ4v) is 0.788. The van der Waals surface area contributed by atoms with Crippen LogP contribution in [0.4, 0.5) is 0 Å². The number of rotatable bonds is 2. The summed E-state index contributed by atoms with van der Waals surface area (Å²) in [6.45, 7) is 15.6. The number of benzene rings is 1. The molecule has 0 aromatic heterocycles. The van der Waals surface area contributed by atoms with E-state index in [-0.39, 0.29) is 0 Å². The minimum atomic E-state index is 1.32. The Morgan fingerprint density at radius 3 is 1.61 bits per heavy atom. The summed E-state index contributed by atoms with van der Waals surface area (Å²) >= 11 is 0. The highest BCUT2D eigenvalue weighted by Crippen LogP contribution is 1.92. The predicted molar refractivity (Wildman–Crippen MR) is 88.0 cm³/mol. The van der Waals surface area contributed by atoms with Crippen LogP contribution in [0.15, 0.2) is 67.3 Å². The third-order valence-corrected chi connectivity index (χ3v) is 1.49. The Hall–Kier alpha value is -1.56. The van der Waals surface area contributed by atoms with Crippen LogP contribution in [0.25, 0.3) is 0 Å². The maximum atomic E-state index is 3.51. The van der Waals surface area contributed by atoms with Gasteiger partial charge in [-0.1, -0.05) is 101 Å². The zero-order chi connectivity index (χ0) is 14.6. The molecule has 0 N–H and O–H groups in total. The van der Waals surface area contributed by atoms with Crippen molar-refractivity contribution >= 4 is 0 Å². The molecule has 0 heterocycles. The molecular formula is C18H30. The Morgan fingerprint density at radius 1 is 0.833 bits per heavy atom. The molecule has 0 fully saturated rings. The number of aryl methyl sites for hydroxylation is 1. The van der Waals surface area contributed by atoms with Gasteiger partial charge >= 0.3 is 0 Å². The molecular weight excluding hydrogens is 216 g/mol. The normalized spacial score (nSPS) is 8.33. The van der Waals surface area contributed by atoms with Gasteiger partial charge in [-0.25, -0.2) is 0 Å². The summed E-state index contributed by atoms with van der Waals surface area (Å²) in [5.74, 6) is 0. The van der Waals surface area contributed by atoms with Crippen LogP contribution in [-0.2, 0) is 0 Å². The molecule has 1 aromatic carbocycles. The van der Waals surface area contributed by atoms with Crippen LogP contribution in [0, 0.1) is 6.92 Å². The van der Waals surface area contributed by atoms with Crippen molar-refractivity contribution in [2.45, 2.75) is 41.5 Å². The van der Waals surface area contributed by atoms with Gasteiger partial charge < -0.3 is 0 Å². The van der Waals surface area contributed by atoms with Gasteiger partial charge in [0.25, 0.3) is 0 Å². The Balaban J connectivity index is -0.000000196. The lowest BCUT2D eigenvalue weighted by atomic mass is 10.2. The fraction of sp³-hybridized carbons (Fsp3) is 0.333. The van der Waals surface area contributed by atoms with E-state index in [0.29, 0.717) is 0 Å². The minimum absolute atomic E-state index is 1.32. The van der Waals surface area contributed by atoms with E-state index in [0.717, 1.165) is 0 Å². The molecule has 102 valence electrons. The Morgan fingerprint density at radius 2 is 1.33 bits per heavy atom. The monoisotopic (exact) mass is 246 g/mol. The van der Waals surface area contributed by atoms with Crippen LogP contribution in [0.5, 0.6) is 0 Å². The Kier molecular flexibility index (Phi) is 29.7. The molecule has 1 aromatic rings. The maximum absolute atomic E-state index is 3.51. The molecule has 0 radical (unpaired) electrons. The summed E-state index contributed by atoms with van der Waals surface area (Å²) in [4.78, 5) is 0. The topological polar surface area (TPSA) is 0 Å². The third-order valence-electron chi connectivity index (χ3n) is 1.49. The van der Waals surface area contributed by atoms with E-state index in [4.69, 9.17) is 0 Å². The first-order valence-corrected chi connectivity index (χ1v) is 6.73. The molecule has 0 nitrogen and oxygen atoms in total. The molecule has 0 unspecified atom stereocenters. The SMILES string of the molecule is C=C/C=C\C=C/C.CC.CC.Cc1ccccc1. The Bertz CT molecular complexity index is 278. The van der Waals surface area contributed by atoms with Crippen molar-refractivity contribution in [3.05, 3.63) is 72.9 Å². The maximum Gasteiger partial charge on any atom is -0.0398 e. The molecule has 0 amide bonds. The van der Waals surface area contributed by atoms with E-state index in [1.54, 1.807) is 6.08 Å². The first kappa shape index (κ1) is 21.7. The quantitative estimate of drug-likeness (QED) is 0.533. The highest BCUT2D eigenvalue weighted by Gasteiger charge is 1.72. The van der Waals surface area contributed by atoms with Gasteiger partial charge in [0.15, 0.2) is 0 Å². The second kappa shape index (κ2) is 24.6. The van der Waals surface area contributed by atoms with Gasteiger partial charge in [0.1, 0.15) is 0 Å². The van der Waals surface area contributed by atoms with Crippen LogP contribution in [0.2, 0.25) is 0 Å². The smallest absolute Gasteiger partial charge is 0.0398 e. The first-order valence-electron chi connectivity index (χ1n) is 6.73. The van der Waals surface area contributed by atoms with Crippen molar-refractivity contribution in [3.63, 3.8) is 0 Å². The molecule has 0 heteroatoms. The zero-order valence-electron chi connectivity index (χ0n) is 13.0. The summed E-state index contributed by atoms with van der Waals surface area (Å²) in [7, 11) is 0. The van der Waals surface area contributed by atoms with E-state index >= 15 is 0 Å². The number of hydrogen-bond donors (Lipinski definition) is 0. The summed E-state index contributed by atoms with van der Waals surface area (Å²) in [5.41, 5.74) is 1.32. The van der Waals surface area contributed by atoms with Crippen molar-refractivity contribution in [1.29, 1.82) is 0 Å². The lowest BCUT2D eigenvalue weighted by Gasteiger charge is -1.82. The van der Waals surface area contributed by atoms with E-state index < -0.39 is 0 Å². The van der Waals surface area contributed by atoms with Gasteiger partial charge in [-0.15, -0.1) is 0 Å². The molecule has 0 saturated heterocycles. The van der Waals surface area contributed by atoms with Gasteiger partial charge in [0, 0.05) is 0 Å². The lowest BCUT2D eigenvalue weighted by molar-refractivity contribution is 1.48. The fourth-order valence-electron chi connectivity index (χ4n) is 0.788. The second-order valence-electron chi connectivity index (χ2n) is 2.80. The van der Waals surface area contributed by atoms with Crippen molar-refractivity contribution < 1.29 is 0 Å². The third kappa shape index (κ3) is 23.9. The van der Waals surface area contributed by atoms with Crippen LogP contribution < -0.4 is 0 Å². The molecule has 0 saturated carbocycles. The highest BCUT2D eigenvalue weighted by molar-refractivity contribution is 5.11. The highest BCUT2D eigenvalue weighted by atomic mass is 13.8. The van der Waals surface area contributed by atoms with E-state index in [9.17, 15) is 0 Å². The molecule has 0 aliphatic carbocycles. The Labute approximate surface area is 115 Å². The molecule has 1 rings (SSSR count). The number of hydrogen-bond acceptors (Lipinski definition) is 0. The second-order valence-corrected chi connectivity index (χ2v) is 2.80. The molecule has 0 bridgehead atoms. The first-order chi connectivity index (χ1) is 8.81. The lowest BCUT2D eigenvalue weighted by Crippen LogP contribution is -1.62. The van der Waals surface area contributed by atoms with Crippen molar-refractivity contribution in [2.24, 2.45) is 0 Å². The largest absolute Gasteiger partial charge is 0.0991 e. The van der Waals surface area contributed by atoms with Crippen molar-refractivity contribution in [3.8, 4) is 0 Å². The molecule has 0 aliphatic rings. The minimum Gasteiger partial charge on any atom is -0.0991 e. The summed E-state index contributed by atoms with van der Waals surface area (Å²) in [5, 5.41) is 0. The zero-order valence-corrected chi connectivity index (χ0v) is 13.0. The van der Waals surface area contributed by atoms with Crippen LogP contribution in [0.1, 0.15) is 40.2 Å². The van der Waals surface area contributed by atoms with Gasteiger partial charge in [0.2, 0.25) is 0 Å². The van der Waals surface area contributed by atoms with E-state index in [1.807, 2.05) is 77.1 Å². The predicted octanol–water partition coefficient (Wildman–Crippen LogP) is 6.35. The average Bonchev–Trinajstić information content (AvgIpc) is 2.45. The van der Waals surface area contributed by atoms with Crippen LogP contribution in [-0.4, -0.2) is 0 Å². The number of allylic oxidation sites excluding steroid dienone is 5. The standard InChI is InChI=1S/C7H8.C7H10.2C2H6/c1-7-5-3-2-4-6-7;1-3-5-7-6-4-2;2*1-2/h2-6H,1H3;3-7H,1H2,2H3;2*1-2H3/b;6-4-,7-5-;;. The van der Waals surface area contributed by atoms with Gasteiger partial charge in [-0.2, -0.15) is 0 Å².